The Morgan fingerprint density at radius 1 is 1.00 bits per heavy atom. The number of amides is 1. The van der Waals surface area contributed by atoms with Crippen molar-refractivity contribution in [3.05, 3.63) is 75.8 Å². The van der Waals surface area contributed by atoms with E-state index >= 15 is 0 Å². The number of benzene rings is 2. The predicted octanol–water partition coefficient (Wildman–Crippen LogP) is 5.89. The summed E-state index contributed by atoms with van der Waals surface area (Å²) in [5, 5.41) is 0.662. The van der Waals surface area contributed by atoms with Crippen molar-refractivity contribution in [2.45, 2.75) is 34.1 Å². The summed E-state index contributed by atoms with van der Waals surface area (Å²) in [4.78, 5) is 24.6. The molecule has 1 aliphatic heterocycles. The number of halogens is 3. The quantitative estimate of drug-likeness (QED) is 0.358. The number of nitrogens with zero attached hydrogens (tertiary/aromatic N) is 5. The van der Waals surface area contributed by atoms with Crippen LogP contribution in [0, 0.1) is 27.7 Å². The number of carbonyl (C=O) groups is 1. The van der Waals surface area contributed by atoms with Crippen LogP contribution in [0.15, 0.2) is 42.5 Å². The highest BCUT2D eigenvalue weighted by molar-refractivity contribution is 6.30. The van der Waals surface area contributed by atoms with Crippen LogP contribution in [0.3, 0.4) is 0 Å². The molecule has 1 aromatic heterocycles. The molecule has 37 heavy (non-hydrogen) atoms. The van der Waals surface area contributed by atoms with E-state index in [1.807, 2.05) is 49.7 Å². The molecular formula is C28H38Cl3N5O. The molecule has 0 N–H and O–H groups in total. The average Bonchev–Trinajstić information content (AvgIpc) is 3.14. The van der Waals surface area contributed by atoms with Gasteiger partial charge in [0, 0.05) is 56.2 Å². The van der Waals surface area contributed by atoms with Crippen LogP contribution in [-0.4, -0.2) is 71.6 Å². The van der Waals surface area contributed by atoms with Gasteiger partial charge < -0.3 is 14.4 Å². The van der Waals surface area contributed by atoms with Crippen LogP contribution in [0.2, 0.25) is 5.02 Å². The number of carbonyl (C=O) groups excluding carboxylic acids is 1. The molecule has 0 aliphatic carbocycles. The molecule has 6 nitrogen and oxygen atoms in total. The van der Waals surface area contributed by atoms with E-state index in [1.54, 1.807) is 4.90 Å². The molecule has 0 unspecified atom stereocenters. The molecule has 0 spiro atoms. The fraction of sp³-hybridized carbons (Fsp3) is 0.429. The smallest absolute Gasteiger partial charge is 0.274 e. The Morgan fingerprint density at radius 2 is 1.68 bits per heavy atom. The van der Waals surface area contributed by atoms with Crippen molar-refractivity contribution in [2.24, 2.45) is 0 Å². The lowest BCUT2D eigenvalue weighted by Gasteiger charge is -2.37. The Morgan fingerprint density at radius 3 is 2.35 bits per heavy atom. The third kappa shape index (κ3) is 6.99. The lowest BCUT2D eigenvalue weighted by molar-refractivity contribution is 0.0782. The van der Waals surface area contributed by atoms with Gasteiger partial charge in [0.1, 0.15) is 11.5 Å². The molecule has 2 aromatic carbocycles. The normalized spacial score (nSPS) is 13.6. The number of hydrogen-bond donors (Lipinski definition) is 0. The maximum Gasteiger partial charge on any atom is 0.274 e. The van der Waals surface area contributed by atoms with Gasteiger partial charge in [0.05, 0.1) is 5.69 Å². The molecule has 9 heteroatoms. The molecule has 3 aromatic rings. The Kier molecular flexibility index (Phi) is 11.3. The number of rotatable bonds is 7. The first-order chi connectivity index (χ1) is 16.8. The molecule has 1 aliphatic rings. The zero-order chi connectivity index (χ0) is 25.1. The number of imidazole rings is 1. The van der Waals surface area contributed by atoms with Gasteiger partial charge in [-0.05, 0) is 76.1 Å². The highest BCUT2D eigenvalue weighted by atomic mass is 35.5. The van der Waals surface area contributed by atoms with Crippen molar-refractivity contribution in [3.63, 3.8) is 0 Å². The van der Waals surface area contributed by atoms with Gasteiger partial charge in [-0.3, -0.25) is 9.69 Å². The predicted molar refractivity (Wildman–Crippen MR) is 159 cm³/mol. The highest BCUT2D eigenvalue weighted by Gasteiger charge is 2.23. The van der Waals surface area contributed by atoms with Crippen molar-refractivity contribution in [1.82, 2.24) is 19.4 Å². The second-order valence-corrected chi connectivity index (χ2v) is 9.97. The van der Waals surface area contributed by atoms with E-state index < -0.39 is 0 Å². The van der Waals surface area contributed by atoms with Gasteiger partial charge in [-0.25, -0.2) is 4.98 Å². The molecule has 1 fully saturated rings. The molecule has 1 amide bonds. The maximum atomic E-state index is 13.2. The topological polar surface area (TPSA) is 44.6 Å². The fourth-order valence-electron chi connectivity index (χ4n) is 4.94. The monoisotopic (exact) mass is 565 g/mol. The van der Waals surface area contributed by atoms with Crippen molar-refractivity contribution in [2.75, 3.05) is 51.2 Å². The van der Waals surface area contributed by atoms with Crippen LogP contribution in [0.1, 0.15) is 39.6 Å². The number of piperazine rings is 1. The first-order valence-corrected chi connectivity index (χ1v) is 12.7. The summed E-state index contributed by atoms with van der Waals surface area (Å²) < 4.78 is 1.99. The van der Waals surface area contributed by atoms with E-state index in [2.05, 4.69) is 46.8 Å². The largest absolute Gasteiger partial charge is 0.369 e. The molecule has 202 valence electrons. The fourth-order valence-corrected chi connectivity index (χ4v) is 5.13. The second-order valence-electron chi connectivity index (χ2n) is 9.54. The third-order valence-corrected chi connectivity index (χ3v) is 7.38. The first kappa shape index (κ1) is 31.0. The average molecular weight is 567 g/mol. The van der Waals surface area contributed by atoms with Crippen molar-refractivity contribution >= 4 is 48.0 Å². The lowest BCUT2D eigenvalue weighted by Crippen LogP contribution is -2.47. The molecule has 1 saturated heterocycles. The van der Waals surface area contributed by atoms with Crippen molar-refractivity contribution in [1.29, 1.82) is 0 Å². The van der Waals surface area contributed by atoms with Crippen LogP contribution in [0.4, 0.5) is 5.69 Å². The first-order valence-electron chi connectivity index (χ1n) is 12.4. The molecule has 0 saturated carbocycles. The van der Waals surface area contributed by atoms with Gasteiger partial charge in [0.15, 0.2) is 0 Å². The molecule has 0 radical (unpaired) electrons. The summed E-state index contributed by atoms with van der Waals surface area (Å²) in [7, 11) is 1.87. The maximum absolute atomic E-state index is 13.2. The van der Waals surface area contributed by atoms with Gasteiger partial charge in [-0.2, -0.15) is 0 Å². The van der Waals surface area contributed by atoms with E-state index in [-0.39, 0.29) is 30.7 Å². The van der Waals surface area contributed by atoms with Crippen LogP contribution in [0.5, 0.6) is 0 Å². The lowest BCUT2D eigenvalue weighted by atomic mass is 10.1. The van der Waals surface area contributed by atoms with Crippen molar-refractivity contribution < 1.29 is 4.79 Å². The van der Waals surface area contributed by atoms with Gasteiger partial charge in [0.2, 0.25) is 0 Å². The summed E-state index contributed by atoms with van der Waals surface area (Å²) >= 11 is 6.18. The summed E-state index contributed by atoms with van der Waals surface area (Å²) in [5.74, 6) is 0.745. The summed E-state index contributed by atoms with van der Waals surface area (Å²) in [6.07, 6.45) is 0.943. The molecule has 4 rings (SSSR count). The van der Waals surface area contributed by atoms with Crippen molar-refractivity contribution in [3.8, 4) is 5.69 Å². The van der Waals surface area contributed by atoms with E-state index in [9.17, 15) is 4.79 Å². The minimum Gasteiger partial charge on any atom is -0.369 e. The minimum atomic E-state index is -0.0360. The standard InChI is InChI=1S/C28H36ClN5O.2ClH/c1-20-9-6-12-26(21(20)2)33-17-15-32(16-18-33)14-8-13-31(5)28(35)27-22(3)34(23(4)30-27)25-11-7-10-24(29)19-25;;/h6-7,9-12,19H,8,13-18H2,1-5H3;2*1H. The molecule has 0 bridgehead atoms. The molecule has 0 atom stereocenters. The van der Waals surface area contributed by atoms with E-state index in [1.165, 1.54) is 16.8 Å². The Bertz CT molecular complexity index is 1200. The minimum absolute atomic E-state index is 0. The Labute approximate surface area is 238 Å². The van der Waals surface area contributed by atoms with E-state index in [0.717, 1.165) is 56.4 Å². The summed E-state index contributed by atoms with van der Waals surface area (Å²) in [6.45, 7) is 14.1. The van der Waals surface area contributed by atoms with Crippen LogP contribution in [0.25, 0.3) is 5.69 Å². The van der Waals surface area contributed by atoms with Gasteiger partial charge in [0.25, 0.3) is 5.91 Å². The zero-order valence-electron chi connectivity index (χ0n) is 22.3. The number of anilines is 1. The zero-order valence-corrected chi connectivity index (χ0v) is 24.7. The summed E-state index contributed by atoms with van der Waals surface area (Å²) in [6, 6.07) is 14.2. The second kappa shape index (κ2) is 13.5. The number of aryl methyl sites for hydroxylation is 2. The highest BCUT2D eigenvalue weighted by Crippen LogP contribution is 2.24. The van der Waals surface area contributed by atoms with Crippen LogP contribution < -0.4 is 4.90 Å². The third-order valence-electron chi connectivity index (χ3n) is 7.15. The van der Waals surface area contributed by atoms with Gasteiger partial charge in [-0.15, -0.1) is 24.8 Å². The van der Waals surface area contributed by atoms with Crippen LogP contribution in [-0.2, 0) is 0 Å². The van der Waals surface area contributed by atoms with Crippen LogP contribution >= 0.6 is 36.4 Å². The molecule has 2 heterocycles. The SMILES string of the molecule is Cc1cccc(N2CCN(CCCN(C)C(=O)c3nc(C)n(-c4cccc(Cl)c4)c3C)CC2)c1C.Cl.Cl. The van der Waals surface area contributed by atoms with E-state index in [4.69, 9.17) is 11.6 Å². The summed E-state index contributed by atoms with van der Waals surface area (Å²) in [5.41, 5.74) is 6.35. The molecular weight excluding hydrogens is 529 g/mol. The van der Waals surface area contributed by atoms with Gasteiger partial charge >= 0.3 is 0 Å². The Balaban J connectivity index is 0.00000241. The van der Waals surface area contributed by atoms with E-state index in [0.29, 0.717) is 17.3 Å². The Hall–Kier alpha value is -2.25. The van der Waals surface area contributed by atoms with Gasteiger partial charge in [-0.1, -0.05) is 29.8 Å². The number of aromatic nitrogens is 2. The number of hydrogen-bond acceptors (Lipinski definition) is 4.